The van der Waals surface area contributed by atoms with Crippen molar-refractivity contribution in [2.24, 2.45) is 5.90 Å². The lowest BCUT2D eigenvalue weighted by molar-refractivity contribution is 0.313. The summed E-state index contributed by atoms with van der Waals surface area (Å²) in [6.07, 6.45) is 0. The summed E-state index contributed by atoms with van der Waals surface area (Å²) in [6, 6.07) is 6.50. The molecule has 1 aromatic carbocycles. The molecule has 0 unspecified atom stereocenters. The Morgan fingerprint density at radius 3 is 2.30 bits per heavy atom. The number of hydrogen-bond acceptors (Lipinski definition) is 3. The summed E-state index contributed by atoms with van der Waals surface area (Å²) >= 11 is 0. The first kappa shape index (κ1) is 9.07. The Morgan fingerprint density at radius 2 is 1.90 bits per heavy atom. The van der Waals surface area contributed by atoms with Crippen LogP contribution in [0.25, 0.3) is 0 Å². The summed E-state index contributed by atoms with van der Waals surface area (Å²) < 4.78 is 0. The van der Waals surface area contributed by atoms with Crippen molar-refractivity contribution in [1.82, 2.24) is 0 Å². The van der Waals surface area contributed by atoms with E-state index in [-0.39, 0.29) is 23.9 Å². The zero-order valence-electron chi connectivity index (χ0n) is 5.15. The molecule has 0 spiro atoms. The third-order valence-corrected chi connectivity index (χ3v) is 0.992. The number of benzene rings is 1. The summed E-state index contributed by atoms with van der Waals surface area (Å²) in [6.45, 7) is 0. The number of phenols is 1. The molecule has 3 nitrogen and oxygen atoms in total. The normalized spacial score (nSPS) is 8.10. The molecule has 10 heavy (non-hydrogen) atoms. The minimum absolute atomic E-state index is 0. The number of halogens is 1. The minimum atomic E-state index is 0. The fraction of sp³-hybridized carbons (Fsp3) is 0. The van der Waals surface area contributed by atoms with Gasteiger partial charge in [-0.1, -0.05) is 12.1 Å². The molecule has 3 N–H and O–H groups in total. The van der Waals surface area contributed by atoms with Crippen molar-refractivity contribution in [3.63, 3.8) is 0 Å². The van der Waals surface area contributed by atoms with E-state index in [0.717, 1.165) is 0 Å². The monoisotopic (exact) mass is 161 g/mol. The summed E-state index contributed by atoms with van der Waals surface area (Å²) in [5.41, 5.74) is 0. The standard InChI is InChI=1S/C6H7NO2.ClH/c7-9-6-4-2-1-3-5(6)8;/h1-4,8H,7H2;1H. The van der Waals surface area contributed by atoms with E-state index in [9.17, 15) is 0 Å². The van der Waals surface area contributed by atoms with E-state index in [4.69, 9.17) is 11.0 Å². The molecule has 0 fully saturated rings. The third-order valence-electron chi connectivity index (χ3n) is 0.992. The number of nitrogens with two attached hydrogens (primary N) is 1. The van der Waals surface area contributed by atoms with Crippen molar-refractivity contribution in [3.8, 4) is 11.5 Å². The van der Waals surface area contributed by atoms with Gasteiger partial charge in [0.05, 0.1) is 0 Å². The molecule has 0 heterocycles. The second-order valence-electron chi connectivity index (χ2n) is 1.59. The van der Waals surface area contributed by atoms with Gasteiger partial charge in [-0.2, -0.15) is 5.90 Å². The van der Waals surface area contributed by atoms with Gasteiger partial charge in [0.1, 0.15) is 0 Å². The van der Waals surface area contributed by atoms with Crippen LogP contribution in [-0.4, -0.2) is 5.11 Å². The minimum Gasteiger partial charge on any atom is -0.504 e. The number of para-hydroxylation sites is 2. The zero-order valence-corrected chi connectivity index (χ0v) is 5.97. The molecule has 0 radical (unpaired) electrons. The molecule has 0 aliphatic rings. The fourth-order valence-electron chi connectivity index (χ4n) is 0.557. The second kappa shape index (κ2) is 3.98. The quantitative estimate of drug-likeness (QED) is 0.606. The topological polar surface area (TPSA) is 55.5 Å². The smallest absolute Gasteiger partial charge is 0.188 e. The molecule has 1 rings (SSSR count). The van der Waals surface area contributed by atoms with Gasteiger partial charge in [-0.15, -0.1) is 12.4 Å². The van der Waals surface area contributed by atoms with Gasteiger partial charge in [-0.3, -0.25) is 0 Å². The average Bonchev–Trinajstić information content (AvgIpc) is 1.89. The van der Waals surface area contributed by atoms with Gasteiger partial charge in [-0.25, -0.2) is 0 Å². The van der Waals surface area contributed by atoms with Crippen LogP contribution in [-0.2, 0) is 0 Å². The van der Waals surface area contributed by atoms with Gasteiger partial charge in [0, 0.05) is 0 Å². The van der Waals surface area contributed by atoms with Crippen LogP contribution in [0.1, 0.15) is 0 Å². The van der Waals surface area contributed by atoms with Crippen LogP contribution < -0.4 is 10.7 Å². The predicted octanol–water partition coefficient (Wildman–Crippen LogP) is 1.07. The van der Waals surface area contributed by atoms with Gasteiger partial charge in [0.25, 0.3) is 0 Å². The van der Waals surface area contributed by atoms with E-state index in [1.54, 1.807) is 18.2 Å². The van der Waals surface area contributed by atoms with Gasteiger partial charge in [-0.05, 0) is 12.1 Å². The van der Waals surface area contributed by atoms with Crippen LogP contribution in [0.15, 0.2) is 24.3 Å². The van der Waals surface area contributed by atoms with Crippen LogP contribution in [0.2, 0.25) is 0 Å². The SMILES string of the molecule is Cl.NOc1ccccc1O. The Labute approximate surface area is 64.8 Å². The lowest BCUT2D eigenvalue weighted by Gasteiger charge is -1.98. The summed E-state index contributed by atoms with van der Waals surface area (Å²) in [7, 11) is 0. The number of hydrogen-bond donors (Lipinski definition) is 2. The van der Waals surface area contributed by atoms with E-state index in [1.165, 1.54) is 6.07 Å². The van der Waals surface area contributed by atoms with E-state index in [2.05, 4.69) is 4.84 Å². The van der Waals surface area contributed by atoms with E-state index in [0.29, 0.717) is 0 Å². The van der Waals surface area contributed by atoms with Crippen LogP contribution in [0.4, 0.5) is 0 Å². The molecule has 56 valence electrons. The molecule has 0 amide bonds. The number of aromatic hydroxyl groups is 1. The molecule has 1 aromatic rings. The highest BCUT2D eigenvalue weighted by Crippen LogP contribution is 2.22. The van der Waals surface area contributed by atoms with Gasteiger partial charge < -0.3 is 9.94 Å². The molecule has 0 aliphatic heterocycles. The Kier molecular flexibility index (Phi) is 3.61. The molecule has 0 saturated heterocycles. The first-order chi connectivity index (χ1) is 4.34. The fourth-order valence-corrected chi connectivity index (χ4v) is 0.557. The van der Waals surface area contributed by atoms with Crippen molar-refractivity contribution in [2.75, 3.05) is 0 Å². The van der Waals surface area contributed by atoms with E-state index >= 15 is 0 Å². The Balaban J connectivity index is 0.000000810. The summed E-state index contributed by atoms with van der Waals surface area (Å²) in [5.74, 6) is 5.14. The number of phenolic OH excluding ortho intramolecular Hbond substituents is 1. The molecular weight excluding hydrogens is 154 g/mol. The maximum absolute atomic E-state index is 8.91. The van der Waals surface area contributed by atoms with Crippen LogP contribution in [0.3, 0.4) is 0 Å². The first-order valence-electron chi connectivity index (χ1n) is 2.49. The predicted molar refractivity (Wildman–Crippen MR) is 40.2 cm³/mol. The first-order valence-corrected chi connectivity index (χ1v) is 2.49. The Morgan fingerprint density at radius 1 is 1.30 bits per heavy atom. The zero-order chi connectivity index (χ0) is 6.69. The molecule has 0 bridgehead atoms. The summed E-state index contributed by atoms with van der Waals surface area (Å²) in [4.78, 5) is 4.29. The van der Waals surface area contributed by atoms with Crippen molar-refractivity contribution >= 4 is 12.4 Å². The van der Waals surface area contributed by atoms with Crippen LogP contribution in [0, 0.1) is 0 Å². The van der Waals surface area contributed by atoms with Crippen LogP contribution in [0.5, 0.6) is 11.5 Å². The molecule has 0 saturated carbocycles. The molecule has 0 atom stereocenters. The lowest BCUT2D eigenvalue weighted by Crippen LogP contribution is -2.01. The number of rotatable bonds is 1. The van der Waals surface area contributed by atoms with Crippen molar-refractivity contribution in [1.29, 1.82) is 0 Å². The maximum atomic E-state index is 8.91. The highest BCUT2D eigenvalue weighted by Gasteiger charge is 1.95. The summed E-state index contributed by atoms with van der Waals surface area (Å²) in [5, 5.41) is 8.91. The molecule has 4 heteroatoms. The highest BCUT2D eigenvalue weighted by molar-refractivity contribution is 5.85. The van der Waals surface area contributed by atoms with Crippen molar-refractivity contribution in [2.45, 2.75) is 0 Å². The van der Waals surface area contributed by atoms with Gasteiger partial charge in [0.15, 0.2) is 11.5 Å². The highest BCUT2D eigenvalue weighted by atomic mass is 35.5. The van der Waals surface area contributed by atoms with Gasteiger partial charge in [0.2, 0.25) is 0 Å². The van der Waals surface area contributed by atoms with Crippen LogP contribution >= 0.6 is 12.4 Å². The molecule has 0 aromatic heterocycles. The van der Waals surface area contributed by atoms with E-state index < -0.39 is 0 Å². The van der Waals surface area contributed by atoms with Crippen molar-refractivity contribution in [3.05, 3.63) is 24.3 Å². The lowest BCUT2D eigenvalue weighted by atomic mass is 10.3. The molecular formula is C6H8ClNO2. The Bertz CT molecular complexity index is 205. The third kappa shape index (κ3) is 1.79. The average molecular weight is 162 g/mol. The maximum Gasteiger partial charge on any atom is 0.188 e. The largest absolute Gasteiger partial charge is 0.504 e. The van der Waals surface area contributed by atoms with E-state index in [1.807, 2.05) is 0 Å². The molecule has 0 aliphatic carbocycles. The Hall–Kier alpha value is -0.930. The van der Waals surface area contributed by atoms with Gasteiger partial charge >= 0.3 is 0 Å². The van der Waals surface area contributed by atoms with Crippen molar-refractivity contribution < 1.29 is 9.94 Å². The second-order valence-corrected chi connectivity index (χ2v) is 1.59.